The molecule has 0 spiro atoms. The van der Waals surface area contributed by atoms with Gasteiger partial charge in [-0.2, -0.15) is 0 Å². The van der Waals surface area contributed by atoms with Gasteiger partial charge in [0.25, 0.3) is 0 Å². The van der Waals surface area contributed by atoms with Gasteiger partial charge in [-0.3, -0.25) is 9.59 Å². The van der Waals surface area contributed by atoms with Crippen LogP contribution < -0.4 is 5.32 Å². The van der Waals surface area contributed by atoms with Crippen molar-refractivity contribution in [2.24, 2.45) is 0 Å². The second-order valence-electron chi connectivity index (χ2n) is 3.37. The van der Waals surface area contributed by atoms with Gasteiger partial charge in [0, 0.05) is 23.6 Å². The molecule has 0 aliphatic rings. The van der Waals surface area contributed by atoms with Crippen molar-refractivity contribution >= 4 is 23.5 Å². The number of carboxylic acids is 1. The molecule has 1 amide bonds. The molecule has 0 aliphatic carbocycles. The normalized spacial score (nSPS) is 10.0. The lowest BCUT2D eigenvalue weighted by Gasteiger charge is -2.07. The highest BCUT2D eigenvalue weighted by molar-refractivity contribution is 6.31. The molecule has 0 heterocycles. The number of rotatable bonds is 5. The van der Waals surface area contributed by atoms with E-state index in [1.54, 1.807) is 0 Å². The van der Waals surface area contributed by atoms with E-state index < -0.39 is 17.7 Å². The lowest BCUT2D eigenvalue weighted by molar-refractivity contribution is -0.138. The number of benzene rings is 1. The van der Waals surface area contributed by atoms with Gasteiger partial charge in [-0.05, 0) is 12.1 Å². The predicted molar refractivity (Wildman–Crippen MR) is 60.1 cm³/mol. The minimum absolute atomic E-state index is 0.0516. The SMILES string of the molecule is O=C(O)CCC(=O)NCc1c(F)cccc1Cl. The fourth-order valence-electron chi connectivity index (χ4n) is 1.20. The van der Waals surface area contributed by atoms with E-state index in [1.807, 2.05) is 0 Å². The molecule has 0 fully saturated rings. The molecule has 6 heteroatoms. The third kappa shape index (κ3) is 4.40. The van der Waals surface area contributed by atoms with Crippen LogP contribution in [0.2, 0.25) is 5.02 Å². The molecular weight excluding hydrogens is 249 g/mol. The Kier molecular flexibility index (Phi) is 4.90. The van der Waals surface area contributed by atoms with Crippen molar-refractivity contribution in [2.45, 2.75) is 19.4 Å². The molecule has 2 N–H and O–H groups in total. The van der Waals surface area contributed by atoms with Crippen molar-refractivity contribution in [3.8, 4) is 0 Å². The Labute approximate surface area is 102 Å². The summed E-state index contributed by atoms with van der Waals surface area (Å²) in [6.45, 7) is -0.0516. The first-order chi connectivity index (χ1) is 8.00. The molecular formula is C11H11ClFNO3. The second-order valence-corrected chi connectivity index (χ2v) is 3.78. The molecule has 0 radical (unpaired) electrons. The van der Waals surface area contributed by atoms with Gasteiger partial charge in [-0.15, -0.1) is 0 Å². The summed E-state index contributed by atoms with van der Waals surface area (Å²) in [4.78, 5) is 21.4. The number of carbonyl (C=O) groups is 2. The third-order valence-corrected chi connectivity index (χ3v) is 2.44. The zero-order chi connectivity index (χ0) is 12.8. The molecule has 1 aromatic carbocycles. The van der Waals surface area contributed by atoms with Gasteiger partial charge in [0.05, 0.1) is 6.42 Å². The molecule has 0 unspecified atom stereocenters. The summed E-state index contributed by atoms with van der Waals surface area (Å²) in [5, 5.41) is 11.0. The molecule has 1 aromatic rings. The fraction of sp³-hybridized carbons (Fsp3) is 0.273. The Bertz CT molecular complexity index is 416. The number of nitrogens with one attached hydrogen (secondary N) is 1. The first kappa shape index (κ1) is 13.4. The van der Waals surface area contributed by atoms with Gasteiger partial charge in [0.2, 0.25) is 5.91 Å². The quantitative estimate of drug-likeness (QED) is 0.849. The third-order valence-electron chi connectivity index (χ3n) is 2.09. The lowest BCUT2D eigenvalue weighted by Crippen LogP contribution is -2.23. The van der Waals surface area contributed by atoms with E-state index in [-0.39, 0.29) is 30.0 Å². The molecule has 1 rings (SSSR count). The maximum Gasteiger partial charge on any atom is 0.303 e. The molecule has 92 valence electrons. The van der Waals surface area contributed by atoms with Crippen LogP contribution in [0.4, 0.5) is 4.39 Å². The Hall–Kier alpha value is -1.62. The van der Waals surface area contributed by atoms with Crippen LogP contribution in [0.15, 0.2) is 18.2 Å². The van der Waals surface area contributed by atoms with E-state index in [1.165, 1.54) is 18.2 Å². The van der Waals surface area contributed by atoms with Crippen LogP contribution in [0.25, 0.3) is 0 Å². The number of aliphatic carboxylic acids is 1. The topological polar surface area (TPSA) is 66.4 Å². The Morgan fingerprint density at radius 2 is 2.06 bits per heavy atom. The van der Waals surface area contributed by atoms with Gasteiger partial charge >= 0.3 is 5.97 Å². The van der Waals surface area contributed by atoms with Gasteiger partial charge in [0.15, 0.2) is 0 Å². The van der Waals surface area contributed by atoms with Crippen molar-refractivity contribution in [1.29, 1.82) is 0 Å². The highest BCUT2D eigenvalue weighted by atomic mass is 35.5. The van der Waals surface area contributed by atoms with Gasteiger partial charge < -0.3 is 10.4 Å². The van der Waals surface area contributed by atoms with Crippen LogP contribution >= 0.6 is 11.6 Å². The highest BCUT2D eigenvalue weighted by Crippen LogP contribution is 2.18. The summed E-state index contributed by atoms with van der Waals surface area (Å²) >= 11 is 5.76. The van der Waals surface area contributed by atoms with Crippen LogP contribution in [-0.2, 0) is 16.1 Å². The van der Waals surface area contributed by atoms with Crippen LogP contribution in [0.3, 0.4) is 0 Å². The first-order valence-corrected chi connectivity index (χ1v) is 5.30. The molecule has 17 heavy (non-hydrogen) atoms. The maximum absolute atomic E-state index is 13.3. The van der Waals surface area contributed by atoms with E-state index in [0.29, 0.717) is 0 Å². The monoisotopic (exact) mass is 259 g/mol. The number of carbonyl (C=O) groups excluding carboxylic acids is 1. The number of halogens is 2. The standard InChI is InChI=1S/C11H11ClFNO3/c12-8-2-1-3-9(13)7(8)6-14-10(15)4-5-11(16)17/h1-3H,4-6H2,(H,14,15)(H,16,17). The summed E-state index contributed by atoms with van der Waals surface area (Å²) in [5.74, 6) is -2.01. The average Bonchev–Trinajstić information content (AvgIpc) is 2.25. The fourth-order valence-corrected chi connectivity index (χ4v) is 1.43. The Morgan fingerprint density at radius 3 is 2.65 bits per heavy atom. The lowest BCUT2D eigenvalue weighted by atomic mass is 10.2. The summed E-state index contributed by atoms with van der Waals surface area (Å²) in [7, 11) is 0. The smallest absolute Gasteiger partial charge is 0.303 e. The summed E-state index contributed by atoms with van der Waals surface area (Å²) in [5.41, 5.74) is 0.192. The molecule has 0 saturated carbocycles. The summed E-state index contributed by atoms with van der Waals surface area (Å²) in [6.07, 6.45) is -0.391. The number of amides is 1. The van der Waals surface area contributed by atoms with Crippen LogP contribution in [0, 0.1) is 5.82 Å². The van der Waals surface area contributed by atoms with Crippen molar-refractivity contribution in [2.75, 3.05) is 0 Å². The molecule has 4 nitrogen and oxygen atoms in total. The number of hydrogen-bond acceptors (Lipinski definition) is 2. The number of hydrogen-bond donors (Lipinski definition) is 2. The maximum atomic E-state index is 13.3. The average molecular weight is 260 g/mol. The van der Waals surface area contributed by atoms with Crippen LogP contribution in [0.5, 0.6) is 0 Å². The van der Waals surface area contributed by atoms with Crippen molar-refractivity contribution in [1.82, 2.24) is 5.32 Å². The highest BCUT2D eigenvalue weighted by Gasteiger charge is 2.09. The minimum Gasteiger partial charge on any atom is -0.481 e. The van der Waals surface area contributed by atoms with E-state index in [0.717, 1.165) is 0 Å². The van der Waals surface area contributed by atoms with Crippen molar-refractivity contribution < 1.29 is 19.1 Å². The molecule has 0 saturated heterocycles. The summed E-state index contributed by atoms with van der Waals surface area (Å²) in [6, 6.07) is 4.22. The van der Waals surface area contributed by atoms with Crippen LogP contribution in [-0.4, -0.2) is 17.0 Å². The van der Waals surface area contributed by atoms with Crippen molar-refractivity contribution in [3.63, 3.8) is 0 Å². The zero-order valence-corrected chi connectivity index (χ0v) is 9.63. The predicted octanol–water partition coefficient (Wildman–Crippen LogP) is 1.96. The minimum atomic E-state index is -1.05. The van der Waals surface area contributed by atoms with E-state index in [4.69, 9.17) is 16.7 Å². The molecule has 0 atom stereocenters. The van der Waals surface area contributed by atoms with E-state index in [2.05, 4.69) is 5.32 Å². The number of carboxylic acid groups (broad SMARTS) is 1. The zero-order valence-electron chi connectivity index (χ0n) is 8.87. The van der Waals surface area contributed by atoms with Gasteiger partial charge in [-0.25, -0.2) is 4.39 Å². The van der Waals surface area contributed by atoms with Crippen molar-refractivity contribution in [3.05, 3.63) is 34.6 Å². The van der Waals surface area contributed by atoms with Crippen LogP contribution in [0.1, 0.15) is 18.4 Å². The van der Waals surface area contributed by atoms with Gasteiger partial charge in [0.1, 0.15) is 5.82 Å². The first-order valence-electron chi connectivity index (χ1n) is 4.92. The molecule has 0 aromatic heterocycles. The second kappa shape index (κ2) is 6.20. The Balaban J connectivity index is 2.50. The van der Waals surface area contributed by atoms with Gasteiger partial charge in [-0.1, -0.05) is 17.7 Å². The van der Waals surface area contributed by atoms with E-state index in [9.17, 15) is 14.0 Å². The largest absolute Gasteiger partial charge is 0.481 e. The molecule has 0 aliphatic heterocycles. The molecule has 0 bridgehead atoms. The summed E-state index contributed by atoms with van der Waals surface area (Å²) < 4.78 is 13.3. The van der Waals surface area contributed by atoms with E-state index >= 15 is 0 Å². The Morgan fingerprint density at radius 1 is 1.35 bits per heavy atom.